The van der Waals surface area contributed by atoms with Crippen LogP contribution in [0.25, 0.3) is 0 Å². The van der Waals surface area contributed by atoms with Gasteiger partial charge < -0.3 is 20.0 Å². The van der Waals surface area contributed by atoms with E-state index in [1.54, 1.807) is 12.1 Å². The quantitative estimate of drug-likeness (QED) is 0.565. The Labute approximate surface area is 205 Å². The van der Waals surface area contributed by atoms with E-state index >= 15 is 0 Å². The summed E-state index contributed by atoms with van der Waals surface area (Å²) < 4.78 is 41.1. The van der Waals surface area contributed by atoms with Crippen LogP contribution >= 0.6 is 0 Å². The molecule has 0 radical (unpaired) electrons. The molecule has 36 heavy (non-hydrogen) atoms. The van der Waals surface area contributed by atoms with Crippen LogP contribution in [0.15, 0.2) is 36.4 Å². The molecule has 8 nitrogen and oxygen atoms in total. The van der Waals surface area contributed by atoms with Gasteiger partial charge in [0.25, 0.3) is 5.91 Å². The fourth-order valence-corrected chi connectivity index (χ4v) is 4.49. The van der Waals surface area contributed by atoms with Gasteiger partial charge in [-0.15, -0.1) is 0 Å². The first kappa shape index (κ1) is 23.9. The van der Waals surface area contributed by atoms with Crippen molar-refractivity contribution < 1.29 is 22.8 Å². The molecule has 0 saturated carbocycles. The van der Waals surface area contributed by atoms with Gasteiger partial charge >= 0.3 is 0 Å². The second-order valence-electron chi connectivity index (χ2n) is 9.10. The van der Waals surface area contributed by atoms with E-state index in [-0.39, 0.29) is 19.0 Å². The van der Waals surface area contributed by atoms with Crippen LogP contribution < -0.4 is 10.2 Å². The largest absolute Gasteiger partial charge is 0.369 e. The minimum Gasteiger partial charge on any atom is -0.369 e. The zero-order valence-corrected chi connectivity index (χ0v) is 19.7. The lowest BCUT2D eigenvalue weighted by Gasteiger charge is -2.34. The molecule has 5 rings (SSSR count). The van der Waals surface area contributed by atoms with Crippen molar-refractivity contribution in [2.24, 2.45) is 0 Å². The number of anilines is 2. The molecule has 0 bridgehead atoms. The lowest BCUT2D eigenvalue weighted by molar-refractivity contribution is -0.131. The van der Waals surface area contributed by atoms with Gasteiger partial charge in [0.2, 0.25) is 5.91 Å². The van der Waals surface area contributed by atoms with Crippen LogP contribution in [0.2, 0.25) is 0 Å². The predicted molar refractivity (Wildman–Crippen MR) is 127 cm³/mol. The fraction of sp³-hybridized carbons (Fsp3) is 0.320. The van der Waals surface area contributed by atoms with Crippen LogP contribution in [0.3, 0.4) is 0 Å². The average Bonchev–Trinajstić information content (AvgIpc) is 3.44. The molecular weight excluding hydrogens is 473 g/mol. The van der Waals surface area contributed by atoms with Crippen molar-refractivity contribution in [1.82, 2.24) is 20.0 Å². The Kier molecular flexibility index (Phi) is 6.40. The number of nitrogens with zero attached hydrogens (tertiary/aromatic N) is 4. The van der Waals surface area contributed by atoms with Gasteiger partial charge in [0.05, 0.1) is 25.2 Å². The number of fused-ring (bicyclic) bond motifs is 1. The lowest BCUT2D eigenvalue weighted by atomic mass is 10.1. The number of aromatic amines is 1. The van der Waals surface area contributed by atoms with Crippen molar-refractivity contribution in [3.8, 4) is 0 Å². The number of carbonyl (C=O) groups excluding carboxylic acids is 2. The number of carbonyl (C=O) groups is 2. The second kappa shape index (κ2) is 9.65. The fourth-order valence-electron chi connectivity index (χ4n) is 4.49. The number of halogens is 3. The molecule has 0 unspecified atom stereocenters. The second-order valence-corrected chi connectivity index (χ2v) is 9.10. The summed E-state index contributed by atoms with van der Waals surface area (Å²) in [6.07, 6.45) is -0.545. The van der Waals surface area contributed by atoms with Gasteiger partial charge in [0.15, 0.2) is 5.82 Å². The minimum atomic E-state index is -1.10. The van der Waals surface area contributed by atoms with Crippen molar-refractivity contribution in [2.45, 2.75) is 19.5 Å². The summed E-state index contributed by atoms with van der Waals surface area (Å²) in [5, 5.41) is 9.73. The van der Waals surface area contributed by atoms with E-state index < -0.39 is 35.3 Å². The van der Waals surface area contributed by atoms with E-state index in [1.807, 2.05) is 12.1 Å². The number of aromatic nitrogens is 2. The molecular formula is C25H25F3N6O2. The molecule has 188 valence electrons. The number of amides is 2. The number of piperazine rings is 1. The Hall–Kier alpha value is -3.86. The molecule has 3 aromatic rings. The van der Waals surface area contributed by atoms with Gasteiger partial charge in [0, 0.05) is 60.7 Å². The van der Waals surface area contributed by atoms with E-state index in [1.165, 1.54) is 4.90 Å². The van der Waals surface area contributed by atoms with Gasteiger partial charge in [-0.1, -0.05) is 0 Å². The van der Waals surface area contributed by atoms with Gasteiger partial charge in [-0.25, -0.2) is 13.2 Å². The summed E-state index contributed by atoms with van der Waals surface area (Å²) in [5.41, 5.74) is 2.31. The molecule has 3 heterocycles. The summed E-state index contributed by atoms with van der Waals surface area (Å²) in [6, 6.07) is 8.46. The topological polar surface area (TPSA) is 84.6 Å². The number of nitrogens with one attached hydrogen (secondary N) is 2. The Balaban J connectivity index is 1.22. The van der Waals surface area contributed by atoms with Crippen LogP contribution in [-0.2, 0) is 24.3 Å². The first-order valence-corrected chi connectivity index (χ1v) is 11.6. The summed E-state index contributed by atoms with van der Waals surface area (Å²) in [4.78, 5) is 31.4. The lowest BCUT2D eigenvalue weighted by Crippen LogP contribution is -2.44. The maximum Gasteiger partial charge on any atom is 0.256 e. The Morgan fingerprint density at radius 3 is 2.33 bits per heavy atom. The van der Waals surface area contributed by atoms with Crippen LogP contribution in [0, 0.1) is 17.5 Å². The summed E-state index contributed by atoms with van der Waals surface area (Å²) >= 11 is 0. The highest BCUT2D eigenvalue weighted by atomic mass is 19.1. The average molecular weight is 499 g/mol. The van der Waals surface area contributed by atoms with E-state index in [9.17, 15) is 22.8 Å². The number of hydrogen-bond acceptors (Lipinski definition) is 5. The normalized spacial score (nSPS) is 15.8. The van der Waals surface area contributed by atoms with E-state index in [4.69, 9.17) is 0 Å². The van der Waals surface area contributed by atoms with E-state index in [2.05, 4.69) is 32.4 Å². The molecule has 0 aliphatic carbocycles. The van der Waals surface area contributed by atoms with Crippen LogP contribution in [0.1, 0.15) is 27.2 Å². The van der Waals surface area contributed by atoms with Gasteiger partial charge in [-0.3, -0.25) is 14.7 Å². The van der Waals surface area contributed by atoms with E-state index in [0.29, 0.717) is 34.8 Å². The first-order valence-electron chi connectivity index (χ1n) is 11.6. The molecule has 2 amide bonds. The van der Waals surface area contributed by atoms with Crippen LogP contribution in [0.5, 0.6) is 0 Å². The van der Waals surface area contributed by atoms with Gasteiger partial charge in [-0.05, 0) is 31.3 Å². The third-order valence-electron chi connectivity index (χ3n) is 6.67. The van der Waals surface area contributed by atoms with Crippen LogP contribution in [0.4, 0.5) is 24.7 Å². The van der Waals surface area contributed by atoms with Crippen molar-refractivity contribution in [2.75, 3.05) is 43.4 Å². The van der Waals surface area contributed by atoms with Crippen LogP contribution in [-0.4, -0.2) is 65.0 Å². The third kappa shape index (κ3) is 4.78. The molecule has 1 aromatic heterocycles. The first-order chi connectivity index (χ1) is 17.3. The summed E-state index contributed by atoms with van der Waals surface area (Å²) in [6.45, 7) is 4.10. The number of likely N-dealkylation sites (N-methyl/N-ethyl adjacent to an activating group) is 1. The van der Waals surface area contributed by atoms with Crippen molar-refractivity contribution in [1.29, 1.82) is 0 Å². The highest BCUT2D eigenvalue weighted by Crippen LogP contribution is 2.29. The standard InChI is InChI=1S/C25H25F3N6O2/c1-32-6-8-33(9-7-32)17-4-2-15(3-5-17)25(36)29-24-19-13-34(14-22(19)30-31-24)23(35)12-18-20(27)10-16(26)11-21(18)28/h2-5,10-11H,6-9,12-14H2,1H3,(H2,29,30,31,36). The highest BCUT2D eigenvalue weighted by Gasteiger charge is 2.30. The van der Waals surface area contributed by atoms with Gasteiger partial charge in [0.1, 0.15) is 17.5 Å². The molecule has 0 atom stereocenters. The molecule has 2 aliphatic heterocycles. The Morgan fingerprint density at radius 1 is 1.00 bits per heavy atom. The molecule has 2 aliphatic rings. The van der Waals surface area contributed by atoms with Crippen molar-refractivity contribution in [3.05, 3.63) is 76.2 Å². The van der Waals surface area contributed by atoms with E-state index in [0.717, 1.165) is 31.9 Å². The summed E-state index contributed by atoms with van der Waals surface area (Å²) in [5.74, 6) is -3.82. The molecule has 2 aromatic carbocycles. The predicted octanol–water partition coefficient (Wildman–Crippen LogP) is 2.92. The number of hydrogen-bond donors (Lipinski definition) is 2. The number of rotatable bonds is 5. The highest BCUT2D eigenvalue weighted by molar-refractivity contribution is 6.04. The SMILES string of the molecule is CN1CCN(c2ccc(C(=O)Nc3n[nH]c4c3CN(C(=O)Cc3c(F)cc(F)cc3F)C4)cc2)CC1. The third-order valence-corrected chi connectivity index (χ3v) is 6.67. The zero-order chi connectivity index (χ0) is 25.4. The Morgan fingerprint density at radius 2 is 1.67 bits per heavy atom. The maximum atomic E-state index is 14.0. The van der Waals surface area contributed by atoms with Crippen molar-refractivity contribution in [3.63, 3.8) is 0 Å². The summed E-state index contributed by atoms with van der Waals surface area (Å²) in [7, 11) is 2.09. The van der Waals surface area contributed by atoms with Gasteiger partial charge in [-0.2, -0.15) is 5.10 Å². The molecule has 11 heteroatoms. The minimum absolute atomic E-state index is 0.118. The monoisotopic (exact) mass is 498 g/mol. The zero-order valence-electron chi connectivity index (χ0n) is 19.7. The molecule has 1 saturated heterocycles. The molecule has 1 fully saturated rings. The number of H-pyrrole nitrogens is 1. The maximum absolute atomic E-state index is 14.0. The molecule has 2 N–H and O–H groups in total. The number of benzene rings is 2. The Bertz CT molecular complexity index is 1280. The van der Waals surface area contributed by atoms with Crippen molar-refractivity contribution >= 4 is 23.3 Å². The molecule has 0 spiro atoms. The smallest absolute Gasteiger partial charge is 0.256 e.